The van der Waals surface area contributed by atoms with Crippen LogP contribution in [0.25, 0.3) is 0 Å². The molecule has 0 aliphatic rings. The molecule has 0 radical (unpaired) electrons. The normalized spacial score (nSPS) is 10.0. The molecule has 6 heteroatoms. The van der Waals surface area contributed by atoms with Gasteiger partial charge in [-0.15, -0.1) is 0 Å². The molecule has 0 atom stereocenters. The van der Waals surface area contributed by atoms with Gasteiger partial charge in [-0.2, -0.15) is 0 Å². The molecule has 17 heavy (non-hydrogen) atoms. The third kappa shape index (κ3) is 2.65. The topological polar surface area (TPSA) is 54.9 Å². The number of carbonyl (C=O) groups excluding carboxylic acids is 1. The summed E-state index contributed by atoms with van der Waals surface area (Å²) in [5, 5.41) is 2.45. The van der Waals surface area contributed by atoms with E-state index in [1.807, 2.05) is 0 Å². The third-order valence-corrected chi connectivity index (χ3v) is 2.61. The number of rotatable bonds is 2. The van der Waals surface area contributed by atoms with Crippen LogP contribution < -0.4 is 5.32 Å². The maximum absolute atomic E-state index is 13.6. The van der Waals surface area contributed by atoms with Crippen LogP contribution in [0.15, 0.2) is 41.3 Å². The van der Waals surface area contributed by atoms with E-state index in [0.717, 1.165) is 0 Å². The zero-order valence-electron chi connectivity index (χ0n) is 8.52. The highest BCUT2D eigenvalue weighted by molar-refractivity contribution is 9.10. The molecule has 0 saturated carbocycles. The molecule has 2 rings (SSSR count). The molecule has 86 valence electrons. The number of hydrogen-bond acceptors (Lipinski definition) is 3. The standard InChI is InChI=1S/C11H7BrFN3O/c12-8-3-1-2-7(10(8)13)11(17)16-9-6-14-4-5-15-9/h1-6H,(H,15,16,17). The number of carbonyl (C=O) groups is 1. The van der Waals surface area contributed by atoms with E-state index in [4.69, 9.17) is 0 Å². The van der Waals surface area contributed by atoms with E-state index >= 15 is 0 Å². The molecule has 0 saturated heterocycles. The Kier molecular flexibility index (Phi) is 3.43. The van der Waals surface area contributed by atoms with Crippen molar-refractivity contribution in [3.63, 3.8) is 0 Å². The molecular formula is C11H7BrFN3O. The molecule has 1 heterocycles. The van der Waals surface area contributed by atoms with E-state index in [1.165, 1.54) is 30.7 Å². The van der Waals surface area contributed by atoms with Crippen LogP contribution >= 0.6 is 15.9 Å². The van der Waals surface area contributed by atoms with Crippen molar-refractivity contribution in [1.29, 1.82) is 0 Å². The average Bonchev–Trinajstić information content (AvgIpc) is 2.34. The Bertz CT molecular complexity index is 548. The molecule has 1 aromatic heterocycles. The van der Waals surface area contributed by atoms with Gasteiger partial charge in [0.05, 0.1) is 16.2 Å². The fourth-order valence-electron chi connectivity index (χ4n) is 1.23. The van der Waals surface area contributed by atoms with Gasteiger partial charge in [0, 0.05) is 12.4 Å². The molecule has 0 unspecified atom stereocenters. The molecule has 2 aromatic rings. The smallest absolute Gasteiger partial charge is 0.259 e. The Hall–Kier alpha value is -1.82. The van der Waals surface area contributed by atoms with Crippen molar-refractivity contribution in [3.8, 4) is 0 Å². The summed E-state index contributed by atoms with van der Waals surface area (Å²) in [6, 6.07) is 4.50. The lowest BCUT2D eigenvalue weighted by molar-refractivity contribution is 0.102. The van der Waals surface area contributed by atoms with E-state index in [9.17, 15) is 9.18 Å². The van der Waals surface area contributed by atoms with Crippen LogP contribution in [-0.2, 0) is 0 Å². The van der Waals surface area contributed by atoms with Crippen molar-refractivity contribution in [2.75, 3.05) is 5.32 Å². The predicted octanol–water partition coefficient (Wildman–Crippen LogP) is 2.63. The zero-order chi connectivity index (χ0) is 12.3. The van der Waals surface area contributed by atoms with Crippen LogP contribution in [-0.4, -0.2) is 15.9 Å². The van der Waals surface area contributed by atoms with Gasteiger partial charge >= 0.3 is 0 Å². The second kappa shape index (κ2) is 5.01. The minimum Gasteiger partial charge on any atom is -0.305 e. The highest BCUT2D eigenvalue weighted by atomic mass is 79.9. The quantitative estimate of drug-likeness (QED) is 0.927. The van der Waals surface area contributed by atoms with Gasteiger partial charge in [-0.05, 0) is 28.1 Å². The van der Waals surface area contributed by atoms with Crippen molar-refractivity contribution in [2.24, 2.45) is 0 Å². The Labute approximate surface area is 105 Å². The Morgan fingerprint density at radius 1 is 1.35 bits per heavy atom. The number of aromatic nitrogens is 2. The second-order valence-electron chi connectivity index (χ2n) is 3.15. The van der Waals surface area contributed by atoms with Crippen LogP contribution in [0.3, 0.4) is 0 Å². The minimum atomic E-state index is -0.603. The van der Waals surface area contributed by atoms with Gasteiger partial charge in [-0.1, -0.05) is 6.07 Å². The molecule has 0 spiro atoms. The van der Waals surface area contributed by atoms with Crippen molar-refractivity contribution in [3.05, 3.63) is 52.6 Å². The first kappa shape index (κ1) is 11.7. The lowest BCUT2D eigenvalue weighted by atomic mass is 10.2. The number of hydrogen-bond donors (Lipinski definition) is 1. The first-order valence-electron chi connectivity index (χ1n) is 4.70. The molecule has 0 bridgehead atoms. The molecule has 0 aliphatic heterocycles. The van der Waals surface area contributed by atoms with E-state index in [0.29, 0.717) is 0 Å². The Balaban J connectivity index is 2.24. The number of halogens is 2. The highest BCUT2D eigenvalue weighted by Crippen LogP contribution is 2.19. The van der Waals surface area contributed by atoms with Crippen LogP contribution in [0.4, 0.5) is 10.2 Å². The molecule has 1 aromatic carbocycles. The second-order valence-corrected chi connectivity index (χ2v) is 4.00. The number of nitrogens with zero attached hydrogens (tertiary/aromatic N) is 2. The summed E-state index contributed by atoms with van der Waals surface area (Å²) in [5.74, 6) is -0.893. The largest absolute Gasteiger partial charge is 0.305 e. The molecule has 0 fully saturated rings. The third-order valence-electron chi connectivity index (χ3n) is 2.00. The van der Waals surface area contributed by atoms with Gasteiger partial charge < -0.3 is 5.32 Å². The monoisotopic (exact) mass is 295 g/mol. The summed E-state index contributed by atoms with van der Waals surface area (Å²) in [4.78, 5) is 19.4. The Morgan fingerprint density at radius 2 is 2.18 bits per heavy atom. The van der Waals surface area contributed by atoms with Crippen molar-refractivity contribution in [2.45, 2.75) is 0 Å². The van der Waals surface area contributed by atoms with Gasteiger partial charge in [0.2, 0.25) is 0 Å². The highest BCUT2D eigenvalue weighted by Gasteiger charge is 2.14. The lowest BCUT2D eigenvalue weighted by Gasteiger charge is -2.05. The maximum Gasteiger partial charge on any atom is 0.259 e. The minimum absolute atomic E-state index is 0.0509. The molecule has 1 amide bonds. The summed E-state index contributed by atoms with van der Waals surface area (Å²) in [5.41, 5.74) is -0.0509. The zero-order valence-corrected chi connectivity index (χ0v) is 10.1. The lowest BCUT2D eigenvalue weighted by Crippen LogP contribution is -2.14. The van der Waals surface area contributed by atoms with E-state index in [-0.39, 0.29) is 15.9 Å². The fourth-order valence-corrected chi connectivity index (χ4v) is 1.59. The van der Waals surface area contributed by atoms with Crippen molar-refractivity contribution in [1.82, 2.24) is 9.97 Å². The summed E-state index contributed by atoms with van der Waals surface area (Å²) < 4.78 is 13.9. The summed E-state index contributed by atoms with van der Waals surface area (Å²) >= 11 is 3.02. The van der Waals surface area contributed by atoms with Gasteiger partial charge in [-0.3, -0.25) is 9.78 Å². The van der Waals surface area contributed by atoms with Gasteiger partial charge in [0.15, 0.2) is 5.82 Å². The average molecular weight is 296 g/mol. The molecular weight excluding hydrogens is 289 g/mol. The van der Waals surface area contributed by atoms with Crippen molar-refractivity contribution >= 4 is 27.7 Å². The summed E-state index contributed by atoms with van der Waals surface area (Å²) in [7, 11) is 0. The number of nitrogens with one attached hydrogen (secondary N) is 1. The molecule has 1 N–H and O–H groups in total. The number of benzene rings is 1. The van der Waals surface area contributed by atoms with Crippen LogP contribution in [0.5, 0.6) is 0 Å². The fraction of sp³-hybridized carbons (Fsp3) is 0. The van der Waals surface area contributed by atoms with Crippen LogP contribution in [0, 0.1) is 5.82 Å². The van der Waals surface area contributed by atoms with E-state index < -0.39 is 11.7 Å². The number of anilines is 1. The molecule has 4 nitrogen and oxygen atoms in total. The summed E-state index contributed by atoms with van der Waals surface area (Å²) in [6.07, 6.45) is 4.30. The van der Waals surface area contributed by atoms with E-state index in [1.54, 1.807) is 6.07 Å². The number of amides is 1. The summed E-state index contributed by atoms with van der Waals surface area (Å²) in [6.45, 7) is 0. The van der Waals surface area contributed by atoms with Crippen LogP contribution in [0.2, 0.25) is 0 Å². The maximum atomic E-state index is 13.6. The van der Waals surface area contributed by atoms with Crippen molar-refractivity contribution < 1.29 is 9.18 Å². The van der Waals surface area contributed by atoms with Gasteiger partial charge in [0.25, 0.3) is 5.91 Å². The predicted molar refractivity (Wildman–Crippen MR) is 64.1 cm³/mol. The first-order chi connectivity index (χ1) is 8.18. The van der Waals surface area contributed by atoms with E-state index in [2.05, 4.69) is 31.2 Å². The SMILES string of the molecule is O=C(Nc1cnccn1)c1cccc(Br)c1F. The molecule has 0 aliphatic carbocycles. The van der Waals surface area contributed by atoms with Gasteiger partial charge in [0.1, 0.15) is 5.82 Å². The van der Waals surface area contributed by atoms with Gasteiger partial charge in [-0.25, -0.2) is 9.37 Å². The first-order valence-corrected chi connectivity index (χ1v) is 5.49. The Morgan fingerprint density at radius 3 is 2.88 bits per heavy atom. The van der Waals surface area contributed by atoms with Crippen LogP contribution in [0.1, 0.15) is 10.4 Å².